The number of nitrogens with one attached hydrogen (secondary N) is 1. The molecular formula is C13H16BrNO2. The molecule has 0 bridgehead atoms. The number of ether oxygens (including phenoxy) is 2. The van der Waals surface area contributed by atoms with Crippen LogP contribution in [-0.4, -0.2) is 19.4 Å². The summed E-state index contributed by atoms with van der Waals surface area (Å²) in [6.45, 7) is 3.62. The van der Waals surface area contributed by atoms with Gasteiger partial charge in [0, 0.05) is 6.04 Å². The summed E-state index contributed by atoms with van der Waals surface area (Å²) >= 11 is 3.61. The third-order valence-corrected chi connectivity index (χ3v) is 4.54. The van der Waals surface area contributed by atoms with Crippen LogP contribution in [0.15, 0.2) is 10.5 Å². The number of hydrogen-bond donors (Lipinski definition) is 1. The third-order valence-electron chi connectivity index (χ3n) is 3.59. The van der Waals surface area contributed by atoms with Gasteiger partial charge in [0.1, 0.15) is 0 Å². The van der Waals surface area contributed by atoms with E-state index >= 15 is 0 Å². The van der Waals surface area contributed by atoms with E-state index in [4.69, 9.17) is 9.47 Å². The fourth-order valence-corrected chi connectivity index (χ4v) is 3.12. The Kier molecular flexibility index (Phi) is 3.01. The lowest BCUT2D eigenvalue weighted by Gasteiger charge is -2.14. The van der Waals surface area contributed by atoms with Crippen LogP contribution in [0, 0.1) is 6.92 Å². The molecule has 1 atom stereocenters. The average Bonchev–Trinajstić information content (AvgIpc) is 2.96. The van der Waals surface area contributed by atoms with Crippen molar-refractivity contribution in [3.05, 3.63) is 21.7 Å². The molecule has 0 saturated carbocycles. The first-order chi connectivity index (χ1) is 8.25. The largest absolute Gasteiger partial charge is 0.454 e. The van der Waals surface area contributed by atoms with Crippen molar-refractivity contribution in [2.45, 2.75) is 32.2 Å². The maximum Gasteiger partial charge on any atom is 0.231 e. The Labute approximate surface area is 110 Å². The second kappa shape index (κ2) is 4.50. The highest BCUT2D eigenvalue weighted by atomic mass is 79.9. The monoisotopic (exact) mass is 297 g/mol. The van der Waals surface area contributed by atoms with E-state index in [1.807, 2.05) is 0 Å². The van der Waals surface area contributed by atoms with E-state index < -0.39 is 0 Å². The number of rotatable bonds is 2. The van der Waals surface area contributed by atoms with Crippen LogP contribution >= 0.6 is 15.9 Å². The lowest BCUT2D eigenvalue weighted by atomic mass is 9.99. The topological polar surface area (TPSA) is 30.5 Å². The van der Waals surface area contributed by atoms with E-state index in [9.17, 15) is 0 Å². The Hall–Kier alpha value is -0.740. The lowest BCUT2D eigenvalue weighted by molar-refractivity contribution is 0.173. The molecule has 2 aliphatic heterocycles. The minimum absolute atomic E-state index is 0.332. The Bertz CT molecular complexity index is 442. The second-order valence-electron chi connectivity index (χ2n) is 4.71. The van der Waals surface area contributed by atoms with E-state index in [1.165, 1.54) is 24.0 Å². The summed E-state index contributed by atoms with van der Waals surface area (Å²) in [4.78, 5) is 0. The molecule has 1 saturated heterocycles. The van der Waals surface area contributed by atoms with Crippen LogP contribution in [0.5, 0.6) is 11.5 Å². The summed E-state index contributed by atoms with van der Waals surface area (Å²) in [7, 11) is 0. The van der Waals surface area contributed by atoms with Gasteiger partial charge in [0.15, 0.2) is 11.5 Å². The predicted octanol–water partition coefficient (Wildman–Crippen LogP) is 2.78. The second-order valence-corrected chi connectivity index (χ2v) is 5.50. The van der Waals surface area contributed by atoms with E-state index in [0.29, 0.717) is 12.8 Å². The van der Waals surface area contributed by atoms with Gasteiger partial charge in [0.25, 0.3) is 0 Å². The summed E-state index contributed by atoms with van der Waals surface area (Å²) in [5.74, 6) is 1.72. The lowest BCUT2D eigenvalue weighted by Crippen LogP contribution is -2.24. The van der Waals surface area contributed by atoms with Crippen molar-refractivity contribution in [1.29, 1.82) is 0 Å². The molecule has 0 spiro atoms. The molecule has 1 N–H and O–H groups in total. The first kappa shape index (κ1) is 11.4. The molecule has 2 aliphatic rings. The summed E-state index contributed by atoms with van der Waals surface area (Å²) in [5, 5.41) is 3.53. The van der Waals surface area contributed by atoms with Crippen molar-refractivity contribution in [3.8, 4) is 11.5 Å². The Morgan fingerprint density at radius 1 is 1.47 bits per heavy atom. The summed E-state index contributed by atoms with van der Waals surface area (Å²) in [6.07, 6.45) is 3.63. The maximum absolute atomic E-state index is 5.47. The van der Waals surface area contributed by atoms with Crippen LogP contribution in [0.1, 0.15) is 24.0 Å². The summed E-state index contributed by atoms with van der Waals surface area (Å²) < 4.78 is 12.0. The fraction of sp³-hybridized carbons (Fsp3) is 0.538. The highest BCUT2D eigenvalue weighted by molar-refractivity contribution is 9.10. The molecule has 0 amide bonds. The van der Waals surface area contributed by atoms with E-state index in [2.05, 4.69) is 34.2 Å². The highest BCUT2D eigenvalue weighted by Crippen LogP contribution is 2.43. The quantitative estimate of drug-likeness (QED) is 0.910. The van der Waals surface area contributed by atoms with Crippen LogP contribution in [0.25, 0.3) is 0 Å². The molecule has 4 heteroatoms. The van der Waals surface area contributed by atoms with Gasteiger partial charge in [-0.1, -0.05) is 0 Å². The zero-order chi connectivity index (χ0) is 11.8. The van der Waals surface area contributed by atoms with Crippen molar-refractivity contribution in [2.75, 3.05) is 13.3 Å². The maximum atomic E-state index is 5.47. The van der Waals surface area contributed by atoms with Gasteiger partial charge in [-0.15, -0.1) is 0 Å². The van der Waals surface area contributed by atoms with E-state index in [1.54, 1.807) is 0 Å². The molecule has 1 aromatic carbocycles. The van der Waals surface area contributed by atoms with Gasteiger partial charge in [0.05, 0.1) is 4.47 Å². The van der Waals surface area contributed by atoms with Crippen molar-refractivity contribution in [1.82, 2.24) is 5.32 Å². The van der Waals surface area contributed by atoms with Crippen LogP contribution in [0.2, 0.25) is 0 Å². The zero-order valence-corrected chi connectivity index (χ0v) is 11.5. The average molecular weight is 298 g/mol. The van der Waals surface area contributed by atoms with Crippen LogP contribution in [0.3, 0.4) is 0 Å². The molecule has 3 nitrogen and oxygen atoms in total. The van der Waals surface area contributed by atoms with Crippen LogP contribution in [-0.2, 0) is 6.42 Å². The van der Waals surface area contributed by atoms with Gasteiger partial charge >= 0.3 is 0 Å². The molecule has 1 fully saturated rings. The van der Waals surface area contributed by atoms with Crippen molar-refractivity contribution >= 4 is 15.9 Å². The molecule has 0 aromatic heterocycles. The Morgan fingerprint density at radius 3 is 3.12 bits per heavy atom. The molecule has 0 radical (unpaired) electrons. The van der Waals surface area contributed by atoms with E-state index in [0.717, 1.165) is 28.9 Å². The highest BCUT2D eigenvalue weighted by Gasteiger charge is 2.23. The van der Waals surface area contributed by atoms with Crippen molar-refractivity contribution in [3.63, 3.8) is 0 Å². The summed E-state index contributed by atoms with van der Waals surface area (Å²) in [5.41, 5.74) is 2.61. The molecule has 17 heavy (non-hydrogen) atoms. The van der Waals surface area contributed by atoms with E-state index in [-0.39, 0.29) is 0 Å². The predicted molar refractivity (Wildman–Crippen MR) is 69.7 cm³/mol. The molecule has 3 rings (SSSR count). The normalized spacial score (nSPS) is 22.1. The first-order valence-electron chi connectivity index (χ1n) is 6.06. The number of benzene rings is 1. The number of halogens is 1. The Morgan fingerprint density at radius 2 is 2.35 bits per heavy atom. The van der Waals surface area contributed by atoms with Gasteiger partial charge in [-0.2, -0.15) is 0 Å². The molecule has 2 heterocycles. The van der Waals surface area contributed by atoms with Gasteiger partial charge in [0.2, 0.25) is 6.79 Å². The van der Waals surface area contributed by atoms with Gasteiger partial charge in [-0.05, 0) is 65.9 Å². The summed E-state index contributed by atoms with van der Waals surface area (Å²) in [6, 6.07) is 2.74. The standard InChI is InChI=1S/C13H16BrNO2/c1-8-9(5-10-3-2-4-15-10)6-11-13(12(8)14)17-7-16-11/h6,10,15H,2-5,7H2,1H3. The zero-order valence-electron chi connectivity index (χ0n) is 9.88. The van der Waals surface area contributed by atoms with Crippen LogP contribution < -0.4 is 14.8 Å². The molecule has 1 unspecified atom stereocenters. The van der Waals surface area contributed by atoms with Gasteiger partial charge < -0.3 is 14.8 Å². The minimum Gasteiger partial charge on any atom is -0.454 e. The molecule has 1 aromatic rings. The van der Waals surface area contributed by atoms with Crippen molar-refractivity contribution < 1.29 is 9.47 Å². The number of fused-ring (bicyclic) bond motifs is 1. The van der Waals surface area contributed by atoms with Crippen LogP contribution in [0.4, 0.5) is 0 Å². The third kappa shape index (κ3) is 2.04. The minimum atomic E-state index is 0.332. The SMILES string of the molecule is Cc1c(CC2CCCN2)cc2c(c1Br)OCO2. The van der Waals surface area contributed by atoms with Gasteiger partial charge in [-0.25, -0.2) is 0 Å². The molecule has 0 aliphatic carbocycles. The van der Waals surface area contributed by atoms with Gasteiger partial charge in [-0.3, -0.25) is 0 Å². The molecular weight excluding hydrogens is 282 g/mol. The number of hydrogen-bond acceptors (Lipinski definition) is 3. The fourth-order valence-electron chi connectivity index (χ4n) is 2.55. The molecule has 92 valence electrons. The first-order valence-corrected chi connectivity index (χ1v) is 6.86. The smallest absolute Gasteiger partial charge is 0.231 e. The Balaban J connectivity index is 1.91. The van der Waals surface area contributed by atoms with Crippen molar-refractivity contribution in [2.24, 2.45) is 0 Å².